The molecule has 8 heteroatoms. The predicted octanol–water partition coefficient (Wildman–Crippen LogP) is 3.45. The van der Waals surface area contributed by atoms with Gasteiger partial charge < -0.3 is 15.4 Å². The van der Waals surface area contributed by atoms with E-state index in [0.717, 1.165) is 17.3 Å². The fraction of sp³-hybridized carbons (Fsp3) is 0.105. The van der Waals surface area contributed by atoms with Crippen molar-refractivity contribution >= 4 is 35.0 Å². The van der Waals surface area contributed by atoms with Gasteiger partial charge in [-0.25, -0.2) is 0 Å². The molecule has 0 radical (unpaired) electrons. The topological polar surface area (TPSA) is 95.1 Å². The van der Waals surface area contributed by atoms with E-state index in [1.165, 1.54) is 0 Å². The molecule has 1 aromatic heterocycles. The molecule has 1 heterocycles. The van der Waals surface area contributed by atoms with E-state index in [1.54, 1.807) is 24.3 Å². The molecular formula is C19H16ClN3O3S. The van der Waals surface area contributed by atoms with E-state index in [2.05, 4.69) is 15.3 Å². The number of carbonyl (C=O) groups is 1. The number of thioether (sulfide) groups is 1. The fourth-order valence-electron chi connectivity index (χ4n) is 2.39. The first kappa shape index (κ1) is 19.0. The number of aromatic amines is 1. The van der Waals surface area contributed by atoms with Gasteiger partial charge in [0.1, 0.15) is 0 Å². The number of aromatic hydroxyl groups is 1. The van der Waals surface area contributed by atoms with Gasteiger partial charge in [0.05, 0.1) is 11.3 Å². The number of rotatable bonds is 6. The van der Waals surface area contributed by atoms with Crippen LogP contribution in [-0.2, 0) is 11.2 Å². The summed E-state index contributed by atoms with van der Waals surface area (Å²) in [5.41, 5.74) is 1.23. The maximum absolute atomic E-state index is 12.3. The number of hydrogen-bond acceptors (Lipinski definition) is 5. The molecule has 0 bridgehead atoms. The number of H-pyrrole nitrogens is 1. The molecule has 0 spiro atoms. The van der Waals surface area contributed by atoms with Crippen LogP contribution in [0, 0.1) is 0 Å². The third-order valence-corrected chi connectivity index (χ3v) is 4.75. The minimum atomic E-state index is -0.427. The molecule has 0 aliphatic heterocycles. The lowest BCUT2D eigenvalue weighted by molar-refractivity contribution is -0.113. The van der Waals surface area contributed by atoms with Crippen LogP contribution >= 0.6 is 23.4 Å². The number of amides is 1. The van der Waals surface area contributed by atoms with E-state index in [4.69, 9.17) is 11.6 Å². The lowest BCUT2D eigenvalue weighted by Crippen LogP contribution is -2.17. The van der Waals surface area contributed by atoms with E-state index in [-0.39, 0.29) is 34.7 Å². The number of anilines is 1. The van der Waals surface area contributed by atoms with E-state index in [9.17, 15) is 14.7 Å². The van der Waals surface area contributed by atoms with Crippen molar-refractivity contribution in [3.63, 3.8) is 0 Å². The van der Waals surface area contributed by atoms with Crippen LogP contribution in [0.15, 0.2) is 64.5 Å². The van der Waals surface area contributed by atoms with E-state index >= 15 is 0 Å². The Morgan fingerprint density at radius 2 is 1.96 bits per heavy atom. The van der Waals surface area contributed by atoms with Crippen molar-refractivity contribution < 1.29 is 9.90 Å². The molecule has 0 unspecified atom stereocenters. The molecule has 3 rings (SSSR count). The second-order valence-electron chi connectivity index (χ2n) is 5.68. The van der Waals surface area contributed by atoms with Gasteiger partial charge in [-0.3, -0.25) is 9.59 Å². The van der Waals surface area contributed by atoms with Crippen molar-refractivity contribution in [2.75, 3.05) is 11.1 Å². The highest BCUT2D eigenvalue weighted by Gasteiger charge is 2.13. The van der Waals surface area contributed by atoms with Crippen LogP contribution in [0.2, 0.25) is 5.02 Å². The zero-order valence-corrected chi connectivity index (χ0v) is 15.7. The average molecular weight is 402 g/mol. The first-order chi connectivity index (χ1) is 13.0. The van der Waals surface area contributed by atoms with Crippen LogP contribution in [0.5, 0.6) is 5.88 Å². The summed E-state index contributed by atoms with van der Waals surface area (Å²) >= 11 is 6.90. The Kier molecular flexibility index (Phi) is 6.16. The molecule has 0 aliphatic rings. The van der Waals surface area contributed by atoms with E-state index < -0.39 is 5.56 Å². The molecule has 3 N–H and O–H groups in total. The second-order valence-corrected chi connectivity index (χ2v) is 7.08. The van der Waals surface area contributed by atoms with Crippen molar-refractivity contribution in [2.24, 2.45) is 0 Å². The lowest BCUT2D eigenvalue weighted by Gasteiger charge is -2.07. The minimum Gasteiger partial charge on any atom is -0.493 e. The fourth-order valence-corrected chi connectivity index (χ4v) is 3.24. The third-order valence-electron chi connectivity index (χ3n) is 3.64. The van der Waals surface area contributed by atoms with Gasteiger partial charge in [-0.2, -0.15) is 4.98 Å². The first-order valence-corrected chi connectivity index (χ1v) is 9.42. The summed E-state index contributed by atoms with van der Waals surface area (Å²) < 4.78 is 0. The Morgan fingerprint density at radius 1 is 1.19 bits per heavy atom. The molecule has 6 nitrogen and oxygen atoms in total. The summed E-state index contributed by atoms with van der Waals surface area (Å²) in [6, 6.07) is 16.1. The SMILES string of the molecule is O=C(CSc1nc(O)c(Cc2ccccc2)c(=O)[nH]1)Nc1cccc(Cl)c1. The molecule has 0 atom stereocenters. The van der Waals surface area contributed by atoms with Gasteiger partial charge in [0.2, 0.25) is 11.8 Å². The van der Waals surface area contributed by atoms with Crippen LogP contribution in [0.3, 0.4) is 0 Å². The van der Waals surface area contributed by atoms with E-state index in [1.807, 2.05) is 30.3 Å². The normalized spacial score (nSPS) is 10.6. The number of carbonyl (C=O) groups excluding carboxylic acids is 1. The molecule has 3 aromatic rings. The number of hydrogen-bond donors (Lipinski definition) is 3. The standard InChI is InChI=1S/C19H16ClN3O3S/c20-13-7-4-8-14(10-13)21-16(24)11-27-19-22-17(25)15(18(26)23-19)9-12-5-2-1-3-6-12/h1-8,10H,9,11H2,(H,21,24)(H2,22,23,25,26). The van der Waals surface area contributed by atoms with Gasteiger partial charge in [0.25, 0.3) is 5.56 Å². The van der Waals surface area contributed by atoms with Crippen LogP contribution in [-0.4, -0.2) is 26.7 Å². The smallest absolute Gasteiger partial charge is 0.258 e. The van der Waals surface area contributed by atoms with Gasteiger partial charge in [-0.1, -0.05) is 59.8 Å². The van der Waals surface area contributed by atoms with Gasteiger partial charge in [0.15, 0.2) is 5.16 Å². The van der Waals surface area contributed by atoms with Crippen molar-refractivity contribution in [3.05, 3.63) is 81.1 Å². The summed E-state index contributed by atoms with van der Waals surface area (Å²) in [7, 11) is 0. The van der Waals surface area contributed by atoms with Crippen molar-refractivity contribution in [3.8, 4) is 5.88 Å². The van der Waals surface area contributed by atoms with Crippen LogP contribution < -0.4 is 10.9 Å². The Balaban J connectivity index is 1.64. The molecule has 0 saturated heterocycles. The Bertz CT molecular complexity index is 1010. The molecule has 0 fully saturated rings. The van der Waals surface area contributed by atoms with Crippen molar-refractivity contribution in [1.82, 2.24) is 9.97 Å². The highest BCUT2D eigenvalue weighted by molar-refractivity contribution is 7.99. The molecule has 27 heavy (non-hydrogen) atoms. The van der Waals surface area contributed by atoms with Crippen molar-refractivity contribution in [1.29, 1.82) is 0 Å². The van der Waals surface area contributed by atoms with Gasteiger partial charge in [-0.15, -0.1) is 0 Å². The highest BCUT2D eigenvalue weighted by atomic mass is 35.5. The average Bonchev–Trinajstić information content (AvgIpc) is 2.64. The quantitative estimate of drug-likeness (QED) is 0.434. The highest BCUT2D eigenvalue weighted by Crippen LogP contribution is 2.20. The zero-order chi connectivity index (χ0) is 19.2. The third kappa shape index (κ3) is 5.35. The maximum Gasteiger partial charge on any atom is 0.258 e. The van der Waals surface area contributed by atoms with Crippen molar-refractivity contribution in [2.45, 2.75) is 11.6 Å². The van der Waals surface area contributed by atoms with Crippen LogP contribution in [0.4, 0.5) is 5.69 Å². The largest absolute Gasteiger partial charge is 0.493 e. The van der Waals surface area contributed by atoms with Gasteiger partial charge in [0, 0.05) is 17.1 Å². The molecule has 0 saturated carbocycles. The maximum atomic E-state index is 12.3. The minimum absolute atomic E-state index is 0.0208. The second kappa shape index (κ2) is 8.75. The Morgan fingerprint density at radius 3 is 2.67 bits per heavy atom. The monoisotopic (exact) mass is 401 g/mol. The summed E-state index contributed by atoms with van der Waals surface area (Å²) in [5.74, 6) is -0.592. The number of benzene rings is 2. The summed E-state index contributed by atoms with van der Waals surface area (Å²) in [4.78, 5) is 30.9. The first-order valence-electron chi connectivity index (χ1n) is 8.05. The van der Waals surface area contributed by atoms with Crippen LogP contribution in [0.25, 0.3) is 0 Å². The lowest BCUT2D eigenvalue weighted by atomic mass is 10.1. The van der Waals surface area contributed by atoms with Crippen LogP contribution in [0.1, 0.15) is 11.1 Å². The number of nitrogens with zero attached hydrogens (tertiary/aromatic N) is 1. The number of halogens is 1. The Labute approximate surface area is 164 Å². The molecule has 0 aliphatic carbocycles. The Hall–Kier alpha value is -2.77. The van der Waals surface area contributed by atoms with E-state index in [0.29, 0.717) is 10.7 Å². The summed E-state index contributed by atoms with van der Waals surface area (Å²) in [6.45, 7) is 0. The van der Waals surface area contributed by atoms with Gasteiger partial charge in [-0.05, 0) is 23.8 Å². The number of aromatic nitrogens is 2. The number of nitrogens with one attached hydrogen (secondary N) is 2. The molecule has 138 valence electrons. The van der Waals surface area contributed by atoms with Gasteiger partial charge >= 0.3 is 0 Å². The molecular weight excluding hydrogens is 386 g/mol. The molecule has 1 amide bonds. The summed E-state index contributed by atoms with van der Waals surface area (Å²) in [5, 5.41) is 13.5. The predicted molar refractivity (Wildman–Crippen MR) is 107 cm³/mol. The summed E-state index contributed by atoms with van der Waals surface area (Å²) in [6.07, 6.45) is 0.273. The zero-order valence-electron chi connectivity index (χ0n) is 14.1. The molecule has 2 aromatic carbocycles.